The molecule has 2 aliphatic rings. The number of hydrogen-bond donors (Lipinski definition) is 1. The van der Waals surface area contributed by atoms with Gasteiger partial charge < -0.3 is 9.84 Å². The van der Waals surface area contributed by atoms with E-state index in [0.717, 1.165) is 24.2 Å². The van der Waals surface area contributed by atoms with E-state index < -0.39 is 17.7 Å². The summed E-state index contributed by atoms with van der Waals surface area (Å²) in [6, 6.07) is 22.2. The molecule has 2 aliphatic heterocycles. The van der Waals surface area contributed by atoms with Gasteiger partial charge in [0.15, 0.2) is 0 Å². The Morgan fingerprint density at radius 3 is 2.52 bits per heavy atom. The molecular weight excluding hydrogens is 416 g/mol. The third-order valence-corrected chi connectivity index (χ3v) is 6.02. The van der Waals surface area contributed by atoms with Gasteiger partial charge in [-0.05, 0) is 66.4 Å². The number of ketones is 1. The third kappa shape index (κ3) is 3.54. The molecule has 1 fully saturated rings. The largest absolute Gasteiger partial charge is 0.507 e. The molecule has 0 saturated carbocycles. The molecular formula is C27H20N2O4. The molecule has 0 aromatic heterocycles. The molecule has 3 aromatic rings. The molecule has 3 aromatic carbocycles. The van der Waals surface area contributed by atoms with Crippen LogP contribution < -0.4 is 9.64 Å². The van der Waals surface area contributed by atoms with Crippen molar-refractivity contribution < 1.29 is 19.4 Å². The quantitative estimate of drug-likeness (QED) is 0.371. The van der Waals surface area contributed by atoms with Crippen LogP contribution in [0.2, 0.25) is 0 Å². The van der Waals surface area contributed by atoms with Crippen LogP contribution in [-0.4, -0.2) is 23.4 Å². The highest BCUT2D eigenvalue weighted by Crippen LogP contribution is 2.42. The Hall–Kier alpha value is -4.37. The maximum atomic E-state index is 13.2. The Morgan fingerprint density at radius 1 is 1.03 bits per heavy atom. The van der Waals surface area contributed by atoms with Crippen molar-refractivity contribution >= 4 is 23.1 Å². The summed E-state index contributed by atoms with van der Waals surface area (Å²) in [7, 11) is 0. The maximum Gasteiger partial charge on any atom is 0.300 e. The second-order valence-corrected chi connectivity index (χ2v) is 8.01. The predicted molar refractivity (Wildman–Crippen MR) is 123 cm³/mol. The van der Waals surface area contributed by atoms with Crippen molar-refractivity contribution in [2.75, 3.05) is 11.5 Å². The average Bonchev–Trinajstić information content (AvgIpc) is 3.14. The Morgan fingerprint density at radius 2 is 1.79 bits per heavy atom. The Balaban J connectivity index is 1.67. The topological polar surface area (TPSA) is 90.6 Å². The van der Waals surface area contributed by atoms with E-state index in [1.165, 1.54) is 4.90 Å². The van der Waals surface area contributed by atoms with Crippen LogP contribution in [0, 0.1) is 11.3 Å². The van der Waals surface area contributed by atoms with Crippen LogP contribution in [0.4, 0.5) is 5.69 Å². The van der Waals surface area contributed by atoms with Gasteiger partial charge >= 0.3 is 0 Å². The number of fused-ring (bicyclic) bond motifs is 1. The Bertz CT molecular complexity index is 1320. The van der Waals surface area contributed by atoms with E-state index in [2.05, 4.69) is 6.07 Å². The van der Waals surface area contributed by atoms with Crippen LogP contribution in [-0.2, 0) is 16.0 Å². The molecule has 6 heteroatoms. The predicted octanol–water partition coefficient (Wildman–Crippen LogP) is 4.51. The number of aryl methyl sites for hydroxylation is 1. The van der Waals surface area contributed by atoms with Crippen molar-refractivity contribution in [3.63, 3.8) is 0 Å². The van der Waals surface area contributed by atoms with Gasteiger partial charge in [-0.2, -0.15) is 5.26 Å². The maximum absolute atomic E-state index is 13.2. The van der Waals surface area contributed by atoms with E-state index in [0.29, 0.717) is 29.0 Å². The third-order valence-electron chi connectivity index (χ3n) is 6.02. The lowest BCUT2D eigenvalue weighted by molar-refractivity contribution is -0.132. The van der Waals surface area contributed by atoms with Gasteiger partial charge in [0.05, 0.1) is 29.9 Å². The molecule has 1 amide bonds. The van der Waals surface area contributed by atoms with Gasteiger partial charge in [-0.15, -0.1) is 0 Å². The van der Waals surface area contributed by atoms with Crippen LogP contribution in [0.25, 0.3) is 5.76 Å². The van der Waals surface area contributed by atoms with Gasteiger partial charge in [0.25, 0.3) is 11.7 Å². The first-order valence-corrected chi connectivity index (χ1v) is 10.7. The van der Waals surface area contributed by atoms with Crippen molar-refractivity contribution in [3.05, 3.63) is 101 Å². The van der Waals surface area contributed by atoms with E-state index in [9.17, 15) is 14.7 Å². The molecule has 0 radical (unpaired) electrons. The molecule has 1 unspecified atom stereocenters. The first-order chi connectivity index (χ1) is 16.1. The van der Waals surface area contributed by atoms with E-state index in [1.807, 2.05) is 36.4 Å². The summed E-state index contributed by atoms with van der Waals surface area (Å²) in [5.74, 6) is -0.918. The Labute approximate surface area is 191 Å². The van der Waals surface area contributed by atoms with Gasteiger partial charge in [0, 0.05) is 11.3 Å². The molecule has 33 heavy (non-hydrogen) atoms. The van der Waals surface area contributed by atoms with Gasteiger partial charge in [0.1, 0.15) is 11.5 Å². The zero-order valence-electron chi connectivity index (χ0n) is 17.7. The lowest BCUT2D eigenvalue weighted by Gasteiger charge is -2.25. The second-order valence-electron chi connectivity index (χ2n) is 8.01. The molecule has 5 rings (SSSR count). The highest BCUT2D eigenvalue weighted by Gasteiger charge is 2.46. The van der Waals surface area contributed by atoms with Gasteiger partial charge in [-0.25, -0.2) is 0 Å². The van der Waals surface area contributed by atoms with Crippen molar-refractivity contribution in [1.82, 2.24) is 0 Å². The number of nitrogens with zero attached hydrogens (tertiary/aromatic N) is 2. The highest BCUT2D eigenvalue weighted by atomic mass is 16.5. The number of nitriles is 1. The van der Waals surface area contributed by atoms with Gasteiger partial charge in [-0.1, -0.05) is 30.3 Å². The summed E-state index contributed by atoms with van der Waals surface area (Å²) >= 11 is 0. The molecule has 0 bridgehead atoms. The number of carbonyl (C=O) groups excluding carboxylic acids is 2. The van der Waals surface area contributed by atoms with Crippen LogP contribution >= 0.6 is 0 Å². The second kappa shape index (κ2) is 8.29. The SMILES string of the molecule is N#Cc1ccc(N2C(=O)C(=O)/C(=C(\O)c3ccc4c(c3)CCCO4)C2c2ccccc2)cc1. The summed E-state index contributed by atoms with van der Waals surface area (Å²) in [5.41, 5.74) is 3.09. The summed E-state index contributed by atoms with van der Waals surface area (Å²) in [6.07, 6.45) is 1.70. The number of carbonyl (C=O) groups is 2. The number of aliphatic hydroxyl groups is 1. The van der Waals surface area contributed by atoms with Crippen molar-refractivity contribution in [3.8, 4) is 11.8 Å². The number of Topliss-reactive ketones (excluding diaryl/α,β-unsaturated/α-hetero) is 1. The molecule has 1 N–H and O–H groups in total. The number of rotatable bonds is 3. The number of anilines is 1. The smallest absolute Gasteiger partial charge is 0.300 e. The lowest BCUT2D eigenvalue weighted by atomic mass is 9.94. The summed E-state index contributed by atoms with van der Waals surface area (Å²) in [6.45, 7) is 0.655. The number of amides is 1. The zero-order valence-corrected chi connectivity index (χ0v) is 17.7. The van der Waals surface area contributed by atoms with Crippen LogP contribution in [0.1, 0.15) is 34.7 Å². The number of aliphatic hydroxyl groups excluding tert-OH is 1. The summed E-state index contributed by atoms with van der Waals surface area (Å²) < 4.78 is 5.66. The molecule has 162 valence electrons. The minimum absolute atomic E-state index is 0.0345. The first kappa shape index (κ1) is 20.5. The van der Waals surface area contributed by atoms with Crippen molar-refractivity contribution in [2.45, 2.75) is 18.9 Å². The van der Waals surface area contributed by atoms with E-state index >= 15 is 0 Å². The molecule has 0 aliphatic carbocycles. The number of benzene rings is 3. The number of hydrogen-bond acceptors (Lipinski definition) is 5. The lowest BCUT2D eigenvalue weighted by Crippen LogP contribution is -2.29. The fraction of sp³-hybridized carbons (Fsp3) is 0.148. The van der Waals surface area contributed by atoms with Gasteiger partial charge in [-0.3, -0.25) is 14.5 Å². The molecule has 1 saturated heterocycles. The van der Waals surface area contributed by atoms with Crippen molar-refractivity contribution in [2.24, 2.45) is 0 Å². The molecule has 0 spiro atoms. The number of ether oxygens (including phenoxy) is 1. The summed E-state index contributed by atoms with van der Waals surface area (Å²) in [4.78, 5) is 27.8. The van der Waals surface area contributed by atoms with Crippen LogP contribution in [0.3, 0.4) is 0 Å². The zero-order chi connectivity index (χ0) is 22.9. The fourth-order valence-corrected chi connectivity index (χ4v) is 4.41. The first-order valence-electron chi connectivity index (χ1n) is 10.7. The van der Waals surface area contributed by atoms with Gasteiger partial charge in [0.2, 0.25) is 0 Å². The van der Waals surface area contributed by atoms with Crippen LogP contribution in [0.15, 0.2) is 78.4 Å². The monoisotopic (exact) mass is 436 g/mol. The standard InChI is InChI=1S/C27H20N2O4/c28-16-17-8-11-21(12-9-17)29-24(18-5-2-1-3-6-18)23(26(31)27(29)32)25(30)20-10-13-22-19(15-20)7-4-14-33-22/h1-3,5-6,8-13,15,24,30H,4,7,14H2/b25-23-. The fourth-order valence-electron chi connectivity index (χ4n) is 4.41. The van der Waals surface area contributed by atoms with E-state index in [1.54, 1.807) is 36.4 Å². The highest BCUT2D eigenvalue weighted by molar-refractivity contribution is 6.51. The van der Waals surface area contributed by atoms with Crippen molar-refractivity contribution in [1.29, 1.82) is 5.26 Å². The summed E-state index contributed by atoms with van der Waals surface area (Å²) in [5, 5.41) is 20.4. The molecule has 2 heterocycles. The minimum Gasteiger partial charge on any atom is -0.507 e. The Kier molecular flexibility index (Phi) is 5.15. The minimum atomic E-state index is -0.800. The molecule has 6 nitrogen and oxygen atoms in total. The van der Waals surface area contributed by atoms with E-state index in [-0.39, 0.29) is 11.3 Å². The normalized spacial score (nSPS) is 19.0. The van der Waals surface area contributed by atoms with Crippen LogP contribution in [0.5, 0.6) is 5.75 Å². The molecule has 1 atom stereocenters. The van der Waals surface area contributed by atoms with E-state index in [4.69, 9.17) is 10.00 Å². The average molecular weight is 436 g/mol.